The summed E-state index contributed by atoms with van der Waals surface area (Å²) < 4.78 is 5.73. The zero-order chi connectivity index (χ0) is 13.7. The molecule has 0 unspecified atom stereocenters. The van der Waals surface area contributed by atoms with Crippen LogP contribution in [0.25, 0.3) is 0 Å². The fourth-order valence-corrected chi connectivity index (χ4v) is 1.67. The summed E-state index contributed by atoms with van der Waals surface area (Å²) in [6.07, 6.45) is 0.119. The number of aryl methyl sites for hydroxylation is 1. The molecule has 0 aliphatic rings. The second-order valence-electron chi connectivity index (χ2n) is 4.67. The van der Waals surface area contributed by atoms with Crippen LogP contribution in [-0.4, -0.2) is 6.10 Å². The van der Waals surface area contributed by atoms with Gasteiger partial charge in [-0.3, -0.25) is 0 Å². The molecule has 98 valence electrons. The first-order valence-corrected chi connectivity index (χ1v) is 6.39. The standard InChI is InChI=1S/C16H18N2O/c1-12(2)19-16-10-9-13(3)11-15(16)18-17-14-7-5-4-6-8-14/h4-12H,1-3H3. The highest BCUT2D eigenvalue weighted by Gasteiger charge is 2.05. The van der Waals surface area contributed by atoms with Gasteiger partial charge in [-0.2, -0.15) is 5.11 Å². The first-order chi connectivity index (χ1) is 9.15. The number of hydrogen-bond donors (Lipinski definition) is 0. The Balaban J connectivity index is 2.28. The molecule has 2 aromatic rings. The van der Waals surface area contributed by atoms with Gasteiger partial charge < -0.3 is 4.74 Å². The molecule has 0 N–H and O–H groups in total. The highest BCUT2D eigenvalue weighted by atomic mass is 16.5. The van der Waals surface area contributed by atoms with Gasteiger partial charge in [0.15, 0.2) is 0 Å². The van der Waals surface area contributed by atoms with E-state index in [9.17, 15) is 0 Å². The maximum Gasteiger partial charge on any atom is 0.147 e. The molecule has 3 heteroatoms. The van der Waals surface area contributed by atoms with Crippen LogP contribution < -0.4 is 4.74 Å². The summed E-state index contributed by atoms with van der Waals surface area (Å²) in [7, 11) is 0. The van der Waals surface area contributed by atoms with E-state index in [2.05, 4.69) is 10.2 Å². The van der Waals surface area contributed by atoms with E-state index in [-0.39, 0.29) is 6.10 Å². The Morgan fingerprint density at radius 1 is 0.947 bits per heavy atom. The minimum Gasteiger partial charge on any atom is -0.489 e. The fourth-order valence-electron chi connectivity index (χ4n) is 1.67. The van der Waals surface area contributed by atoms with Crippen molar-refractivity contribution in [1.29, 1.82) is 0 Å². The molecular weight excluding hydrogens is 236 g/mol. The maximum absolute atomic E-state index is 5.73. The zero-order valence-corrected chi connectivity index (χ0v) is 11.5. The van der Waals surface area contributed by atoms with Crippen molar-refractivity contribution in [2.75, 3.05) is 0 Å². The van der Waals surface area contributed by atoms with Gasteiger partial charge in [0.1, 0.15) is 11.4 Å². The molecule has 0 heterocycles. The monoisotopic (exact) mass is 254 g/mol. The van der Waals surface area contributed by atoms with Crippen LogP contribution in [0.3, 0.4) is 0 Å². The molecule has 3 nitrogen and oxygen atoms in total. The van der Waals surface area contributed by atoms with Gasteiger partial charge in [-0.15, -0.1) is 5.11 Å². The minimum absolute atomic E-state index is 0.119. The Morgan fingerprint density at radius 3 is 2.37 bits per heavy atom. The van der Waals surface area contributed by atoms with Crippen LogP contribution in [0.4, 0.5) is 11.4 Å². The Hall–Kier alpha value is -2.16. The lowest BCUT2D eigenvalue weighted by Gasteiger charge is -2.11. The number of azo groups is 1. The molecule has 0 saturated carbocycles. The topological polar surface area (TPSA) is 34.0 Å². The van der Waals surface area contributed by atoms with E-state index in [0.29, 0.717) is 0 Å². The van der Waals surface area contributed by atoms with Crippen LogP contribution in [0, 0.1) is 6.92 Å². The van der Waals surface area contributed by atoms with Crippen molar-refractivity contribution in [2.24, 2.45) is 10.2 Å². The summed E-state index contributed by atoms with van der Waals surface area (Å²) in [4.78, 5) is 0. The van der Waals surface area contributed by atoms with Gasteiger partial charge in [-0.1, -0.05) is 24.3 Å². The van der Waals surface area contributed by atoms with E-state index in [1.54, 1.807) is 0 Å². The van der Waals surface area contributed by atoms with Crippen molar-refractivity contribution in [3.63, 3.8) is 0 Å². The summed E-state index contributed by atoms with van der Waals surface area (Å²) in [5.74, 6) is 0.764. The number of hydrogen-bond acceptors (Lipinski definition) is 3. The van der Waals surface area contributed by atoms with Gasteiger partial charge in [-0.05, 0) is 50.6 Å². The Bertz CT molecular complexity index is 562. The normalized spacial score (nSPS) is 11.2. The average molecular weight is 254 g/mol. The second-order valence-corrected chi connectivity index (χ2v) is 4.67. The van der Waals surface area contributed by atoms with Crippen molar-refractivity contribution < 1.29 is 4.74 Å². The van der Waals surface area contributed by atoms with Crippen LogP contribution in [0.1, 0.15) is 19.4 Å². The molecule has 2 aromatic carbocycles. The van der Waals surface area contributed by atoms with Gasteiger partial charge in [-0.25, -0.2) is 0 Å². The third-order valence-electron chi connectivity index (χ3n) is 2.51. The Morgan fingerprint density at radius 2 is 1.68 bits per heavy atom. The number of benzene rings is 2. The van der Waals surface area contributed by atoms with E-state index in [1.807, 2.05) is 69.3 Å². The highest BCUT2D eigenvalue weighted by molar-refractivity contribution is 5.53. The van der Waals surface area contributed by atoms with E-state index in [0.717, 1.165) is 22.7 Å². The SMILES string of the molecule is Cc1ccc(OC(C)C)c(N=Nc2ccccc2)c1. The third kappa shape index (κ3) is 3.91. The lowest BCUT2D eigenvalue weighted by molar-refractivity contribution is 0.243. The van der Waals surface area contributed by atoms with Crippen molar-refractivity contribution in [3.8, 4) is 5.75 Å². The number of rotatable bonds is 4. The molecule has 0 aliphatic carbocycles. The first-order valence-electron chi connectivity index (χ1n) is 6.39. The largest absolute Gasteiger partial charge is 0.489 e. The lowest BCUT2D eigenvalue weighted by atomic mass is 10.2. The van der Waals surface area contributed by atoms with E-state index in [1.165, 1.54) is 0 Å². The Labute approximate surface area is 114 Å². The number of nitrogens with zero attached hydrogens (tertiary/aromatic N) is 2. The average Bonchev–Trinajstić information content (AvgIpc) is 2.40. The Kier molecular flexibility index (Phi) is 4.29. The smallest absolute Gasteiger partial charge is 0.147 e. The predicted molar refractivity (Wildman–Crippen MR) is 77.6 cm³/mol. The molecule has 0 fully saturated rings. The molecule has 2 rings (SSSR count). The highest BCUT2D eigenvalue weighted by Crippen LogP contribution is 2.30. The summed E-state index contributed by atoms with van der Waals surface area (Å²) in [5.41, 5.74) is 2.73. The number of ether oxygens (including phenoxy) is 1. The first kappa shape index (κ1) is 13.3. The van der Waals surface area contributed by atoms with Crippen molar-refractivity contribution in [3.05, 3.63) is 54.1 Å². The fraction of sp³-hybridized carbons (Fsp3) is 0.250. The molecule has 0 saturated heterocycles. The minimum atomic E-state index is 0.119. The van der Waals surface area contributed by atoms with Crippen molar-refractivity contribution in [2.45, 2.75) is 26.9 Å². The van der Waals surface area contributed by atoms with E-state index in [4.69, 9.17) is 4.74 Å². The van der Waals surface area contributed by atoms with Crippen LogP contribution in [0.2, 0.25) is 0 Å². The molecule has 0 radical (unpaired) electrons. The van der Waals surface area contributed by atoms with Gasteiger partial charge in [0.25, 0.3) is 0 Å². The van der Waals surface area contributed by atoms with Crippen LogP contribution in [0.15, 0.2) is 58.8 Å². The molecule has 0 atom stereocenters. The van der Waals surface area contributed by atoms with E-state index < -0.39 is 0 Å². The molecule has 0 aromatic heterocycles. The quantitative estimate of drug-likeness (QED) is 0.690. The van der Waals surface area contributed by atoms with Gasteiger partial charge in [0.05, 0.1) is 11.8 Å². The van der Waals surface area contributed by atoms with Crippen molar-refractivity contribution >= 4 is 11.4 Å². The molecule has 19 heavy (non-hydrogen) atoms. The summed E-state index contributed by atoms with van der Waals surface area (Å²) in [6.45, 7) is 6.02. The summed E-state index contributed by atoms with van der Waals surface area (Å²) in [5, 5.41) is 8.52. The summed E-state index contributed by atoms with van der Waals surface area (Å²) >= 11 is 0. The summed E-state index contributed by atoms with van der Waals surface area (Å²) in [6, 6.07) is 15.6. The van der Waals surface area contributed by atoms with Gasteiger partial charge in [0.2, 0.25) is 0 Å². The predicted octanol–water partition coefficient (Wildman–Crippen LogP) is 5.20. The van der Waals surface area contributed by atoms with Crippen molar-refractivity contribution in [1.82, 2.24) is 0 Å². The molecule has 0 bridgehead atoms. The lowest BCUT2D eigenvalue weighted by Crippen LogP contribution is -2.05. The molecule has 0 spiro atoms. The maximum atomic E-state index is 5.73. The van der Waals surface area contributed by atoms with Crippen LogP contribution in [0.5, 0.6) is 5.75 Å². The zero-order valence-electron chi connectivity index (χ0n) is 11.5. The second kappa shape index (κ2) is 6.14. The van der Waals surface area contributed by atoms with Crippen LogP contribution in [-0.2, 0) is 0 Å². The molecular formula is C16H18N2O. The van der Waals surface area contributed by atoms with E-state index >= 15 is 0 Å². The third-order valence-corrected chi connectivity index (χ3v) is 2.51. The van der Waals surface area contributed by atoms with Gasteiger partial charge >= 0.3 is 0 Å². The van der Waals surface area contributed by atoms with Crippen LogP contribution >= 0.6 is 0 Å². The van der Waals surface area contributed by atoms with Gasteiger partial charge in [0, 0.05) is 0 Å². The molecule has 0 aliphatic heterocycles. The molecule has 0 amide bonds.